The lowest BCUT2D eigenvalue weighted by molar-refractivity contribution is -0.141. The van der Waals surface area contributed by atoms with Crippen LogP contribution in [0.1, 0.15) is 27.2 Å². The van der Waals surface area contributed by atoms with E-state index in [1.165, 1.54) is 0 Å². The van der Waals surface area contributed by atoms with Crippen LogP contribution in [0.5, 0.6) is 0 Å². The average Bonchev–Trinajstić information content (AvgIpc) is 2.42. The maximum Gasteiger partial charge on any atom is 0.407 e. The Hall–Kier alpha value is -1.01. The molecule has 1 heterocycles. The number of hydrogen-bond donors (Lipinski definition) is 2. The number of nitrogens with zero attached hydrogens (tertiary/aromatic N) is 1. The molecule has 1 aliphatic heterocycles. The second-order valence-corrected chi connectivity index (χ2v) is 5.37. The minimum Gasteiger partial charge on any atom is -0.480 e. The Morgan fingerprint density at radius 2 is 1.94 bits per heavy atom. The van der Waals surface area contributed by atoms with Gasteiger partial charge in [-0.3, -0.25) is 9.69 Å². The van der Waals surface area contributed by atoms with Gasteiger partial charge in [-0.15, -0.1) is 12.4 Å². The van der Waals surface area contributed by atoms with Gasteiger partial charge in [-0.25, -0.2) is 4.79 Å². The summed E-state index contributed by atoms with van der Waals surface area (Å²) in [6.45, 7) is 5.88. The highest BCUT2D eigenvalue weighted by Gasteiger charge is 2.35. The predicted molar refractivity (Wildman–Crippen MR) is 69.1 cm³/mol. The number of alkyl carbamates (subject to hydrolysis) is 1. The zero-order valence-electron chi connectivity index (χ0n) is 11.1. The van der Waals surface area contributed by atoms with Gasteiger partial charge in [-0.05, 0) is 34.2 Å². The highest BCUT2D eigenvalue weighted by molar-refractivity contribution is 5.85. The van der Waals surface area contributed by atoms with Crippen molar-refractivity contribution >= 4 is 24.5 Å². The monoisotopic (exact) mass is 280 g/mol. The molecule has 18 heavy (non-hydrogen) atoms. The van der Waals surface area contributed by atoms with Crippen LogP contribution in [0.4, 0.5) is 4.79 Å². The zero-order chi connectivity index (χ0) is 13.2. The maximum absolute atomic E-state index is 11.5. The van der Waals surface area contributed by atoms with Gasteiger partial charge in [0.2, 0.25) is 0 Å². The molecule has 0 aromatic carbocycles. The first-order chi connectivity index (χ1) is 7.69. The minimum absolute atomic E-state index is 0. The number of likely N-dealkylation sites (N-methyl/N-ethyl adjacent to an activating group) is 1. The van der Waals surface area contributed by atoms with Gasteiger partial charge in [0.1, 0.15) is 11.6 Å². The highest BCUT2D eigenvalue weighted by Crippen LogP contribution is 2.16. The van der Waals surface area contributed by atoms with E-state index in [9.17, 15) is 9.59 Å². The molecule has 106 valence electrons. The first-order valence-corrected chi connectivity index (χ1v) is 5.61. The largest absolute Gasteiger partial charge is 0.480 e. The lowest BCUT2D eigenvalue weighted by Gasteiger charge is -2.21. The van der Waals surface area contributed by atoms with Crippen molar-refractivity contribution in [2.75, 3.05) is 13.6 Å². The summed E-state index contributed by atoms with van der Waals surface area (Å²) in [5.74, 6) is -0.860. The molecule has 0 aliphatic carbocycles. The van der Waals surface area contributed by atoms with E-state index in [1.807, 2.05) is 0 Å². The van der Waals surface area contributed by atoms with E-state index in [2.05, 4.69) is 5.32 Å². The second kappa shape index (κ2) is 6.24. The van der Waals surface area contributed by atoms with Crippen LogP contribution in [0, 0.1) is 0 Å². The Kier molecular flexibility index (Phi) is 5.89. The van der Waals surface area contributed by atoms with Gasteiger partial charge in [0.25, 0.3) is 0 Å². The molecule has 0 spiro atoms. The fraction of sp³-hybridized carbons (Fsp3) is 0.818. The molecular formula is C11H21ClN2O4. The number of rotatable bonds is 2. The predicted octanol–water partition coefficient (Wildman–Crippen LogP) is 1.09. The number of likely N-dealkylation sites (tertiary alicyclic amines) is 1. The number of aliphatic carboxylic acids is 1. The van der Waals surface area contributed by atoms with Crippen molar-refractivity contribution in [2.45, 2.75) is 44.9 Å². The van der Waals surface area contributed by atoms with Gasteiger partial charge in [0.15, 0.2) is 0 Å². The van der Waals surface area contributed by atoms with Crippen molar-refractivity contribution in [1.82, 2.24) is 10.2 Å². The summed E-state index contributed by atoms with van der Waals surface area (Å²) in [5, 5.41) is 11.6. The molecular weight excluding hydrogens is 260 g/mol. The summed E-state index contributed by atoms with van der Waals surface area (Å²) in [6.07, 6.45) is -0.0904. The van der Waals surface area contributed by atoms with Crippen LogP contribution in [-0.2, 0) is 9.53 Å². The van der Waals surface area contributed by atoms with Crippen LogP contribution in [0.15, 0.2) is 0 Å². The minimum atomic E-state index is -0.860. The smallest absolute Gasteiger partial charge is 0.407 e. The Bertz CT molecular complexity index is 317. The molecule has 2 N–H and O–H groups in total. The molecule has 1 amide bonds. The molecule has 0 saturated carbocycles. The quantitative estimate of drug-likeness (QED) is 0.792. The average molecular weight is 281 g/mol. The molecule has 7 heteroatoms. The van der Waals surface area contributed by atoms with Gasteiger partial charge in [0.05, 0.1) is 0 Å². The molecule has 0 bridgehead atoms. The number of carboxylic acids is 1. The first kappa shape index (κ1) is 17.0. The zero-order valence-corrected chi connectivity index (χ0v) is 11.9. The third kappa shape index (κ3) is 5.10. The van der Waals surface area contributed by atoms with E-state index in [-0.39, 0.29) is 18.4 Å². The molecule has 1 saturated heterocycles. The molecule has 6 nitrogen and oxygen atoms in total. The Balaban J connectivity index is 0.00000289. The molecule has 1 fully saturated rings. The summed E-state index contributed by atoms with van der Waals surface area (Å²) in [5.41, 5.74) is -0.541. The highest BCUT2D eigenvalue weighted by atomic mass is 35.5. The number of carbonyl (C=O) groups excluding carboxylic acids is 1. The van der Waals surface area contributed by atoms with Gasteiger partial charge in [0, 0.05) is 12.6 Å². The van der Waals surface area contributed by atoms with Crippen molar-refractivity contribution in [3.05, 3.63) is 0 Å². The van der Waals surface area contributed by atoms with E-state index in [0.29, 0.717) is 13.0 Å². The van der Waals surface area contributed by atoms with Crippen LogP contribution >= 0.6 is 12.4 Å². The fourth-order valence-corrected chi connectivity index (χ4v) is 1.87. The number of halogens is 1. The number of carbonyl (C=O) groups is 2. The lowest BCUT2D eigenvalue weighted by Crippen LogP contribution is -2.40. The van der Waals surface area contributed by atoms with Crippen LogP contribution in [-0.4, -0.2) is 53.3 Å². The number of carboxylic acid groups (broad SMARTS) is 1. The van der Waals surface area contributed by atoms with Crippen molar-refractivity contribution < 1.29 is 19.4 Å². The summed E-state index contributed by atoms with van der Waals surface area (Å²) in [7, 11) is 1.73. The third-order valence-electron chi connectivity index (χ3n) is 2.55. The Morgan fingerprint density at radius 3 is 2.33 bits per heavy atom. The topological polar surface area (TPSA) is 78.9 Å². The molecule has 1 aliphatic rings. The van der Waals surface area contributed by atoms with Crippen molar-refractivity contribution in [3.63, 3.8) is 0 Å². The molecule has 0 radical (unpaired) electrons. The summed E-state index contributed by atoms with van der Waals surface area (Å²) < 4.78 is 5.11. The van der Waals surface area contributed by atoms with Gasteiger partial charge >= 0.3 is 12.1 Å². The molecule has 1 rings (SSSR count). The first-order valence-electron chi connectivity index (χ1n) is 5.61. The summed E-state index contributed by atoms with van der Waals surface area (Å²) in [6, 6.07) is -0.703. The normalized spacial score (nSPS) is 24.2. The number of amides is 1. The molecule has 0 aromatic rings. The van der Waals surface area contributed by atoms with Crippen molar-refractivity contribution in [3.8, 4) is 0 Å². The molecule has 0 aromatic heterocycles. The van der Waals surface area contributed by atoms with Gasteiger partial charge in [-0.1, -0.05) is 0 Å². The van der Waals surface area contributed by atoms with E-state index in [0.717, 1.165) is 0 Å². The Labute approximate surface area is 113 Å². The van der Waals surface area contributed by atoms with Crippen molar-refractivity contribution in [1.29, 1.82) is 0 Å². The number of ether oxygens (including phenoxy) is 1. The molecule has 0 unspecified atom stereocenters. The lowest BCUT2D eigenvalue weighted by atomic mass is 10.2. The Morgan fingerprint density at radius 1 is 1.39 bits per heavy atom. The van der Waals surface area contributed by atoms with Crippen LogP contribution < -0.4 is 5.32 Å². The third-order valence-corrected chi connectivity index (χ3v) is 2.55. The van der Waals surface area contributed by atoms with Crippen LogP contribution in [0.2, 0.25) is 0 Å². The summed E-state index contributed by atoms with van der Waals surface area (Å²) in [4.78, 5) is 24.1. The second-order valence-electron chi connectivity index (χ2n) is 5.37. The van der Waals surface area contributed by atoms with Crippen LogP contribution in [0.3, 0.4) is 0 Å². The summed E-state index contributed by atoms with van der Waals surface area (Å²) >= 11 is 0. The van der Waals surface area contributed by atoms with Crippen molar-refractivity contribution in [2.24, 2.45) is 0 Å². The number of hydrogen-bond acceptors (Lipinski definition) is 4. The number of nitrogens with one attached hydrogen (secondary N) is 1. The SMILES string of the molecule is CN1C[C@H](NC(=O)OC(C)(C)C)C[C@H]1C(=O)O.Cl. The van der Waals surface area contributed by atoms with Gasteiger partial charge in [-0.2, -0.15) is 0 Å². The van der Waals surface area contributed by atoms with Gasteiger partial charge < -0.3 is 15.2 Å². The molecule has 2 atom stereocenters. The van der Waals surface area contributed by atoms with Crippen LogP contribution in [0.25, 0.3) is 0 Å². The fourth-order valence-electron chi connectivity index (χ4n) is 1.87. The maximum atomic E-state index is 11.5. The van der Waals surface area contributed by atoms with E-state index in [4.69, 9.17) is 9.84 Å². The standard InChI is InChI=1S/C11H20N2O4.ClH/c1-11(2,3)17-10(16)12-7-5-8(9(14)15)13(4)6-7;/h7-8H,5-6H2,1-4H3,(H,12,16)(H,14,15);1H/t7-,8+;/m1./s1. The van der Waals surface area contributed by atoms with E-state index >= 15 is 0 Å². The van der Waals surface area contributed by atoms with E-state index < -0.39 is 23.7 Å². The van der Waals surface area contributed by atoms with E-state index in [1.54, 1.807) is 32.7 Å².